The lowest BCUT2D eigenvalue weighted by molar-refractivity contribution is -0.138. The summed E-state index contributed by atoms with van der Waals surface area (Å²) in [5, 5.41) is 4.15. The highest BCUT2D eigenvalue weighted by molar-refractivity contribution is 7.99. The third kappa shape index (κ3) is 7.16. The fourth-order valence-electron chi connectivity index (χ4n) is 3.95. The molecular weight excluding hydrogens is 463 g/mol. The molecule has 7 heteroatoms. The summed E-state index contributed by atoms with van der Waals surface area (Å²) in [6.45, 7) is 4.11. The number of halogens is 2. The number of thioether (sulfide) groups is 1. The monoisotopic (exact) mass is 492 g/mol. The smallest absolute Gasteiger partial charge is 0.242 e. The summed E-state index contributed by atoms with van der Waals surface area (Å²) < 4.78 is 0. The Kier molecular flexibility index (Phi) is 9.33. The van der Waals surface area contributed by atoms with E-state index in [2.05, 4.69) is 30.4 Å². The second kappa shape index (κ2) is 12.0. The molecule has 2 aromatic carbocycles. The van der Waals surface area contributed by atoms with Gasteiger partial charge in [0.05, 0.1) is 5.75 Å². The Morgan fingerprint density at radius 2 is 1.91 bits per heavy atom. The first-order valence-electron chi connectivity index (χ1n) is 11.0. The Balaban J connectivity index is 1.69. The van der Waals surface area contributed by atoms with Gasteiger partial charge in [0.2, 0.25) is 11.8 Å². The van der Waals surface area contributed by atoms with Gasteiger partial charge < -0.3 is 10.2 Å². The highest BCUT2D eigenvalue weighted by Gasteiger charge is 2.28. The van der Waals surface area contributed by atoms with Crippen molar-refractivity contribution >= 4 is 46.8 Å². The fraction of sp³-hybridized carbons (Fsp3) is 0.440. The van der Waals surface area contributed by atoms with Crippen LogP contribution >= 0.6 is 35.0 Å². The van der Waals surface area contributed by atoms with Crippen molar-refractivity contribution in [1.29, 1.82) is 0 Å². The van der Waals surface area contributed by atoms with E-state index in [1.807, 2.05) is 12.1 Å². The van der Waals surface area contributed by atoms with Gasteiger partial charge in [0, 0.05) is 28.4 Å². The topological polar surface area (TPSA) is 49.4 Å². The number of hydrogen-bond donors (Lipinski definition) is 1. The summed E-state index contributed by atoms with van der Waals surface area (Å²) >= 11 is 14.0. The second-order valence-electron chi connectivity index (χ2n) is 8.41. The van der Waals surface area contributed by atoms with Crippen molar-refractivity contribution in [3.63, 3.8) is 0 Å². The van der Waals surface area contributed by atoms with Gasteiger partial charge >= 0.3 is 0 Å². The number of benzene rings is 2. The lowest BCUT2D eigenvalue weighted by Crippen LogP contribution is -2.50. The van der Waals surface area contributed by atoms with Gasteiger partial charge in [-0.25, -0.2) is 0 Å². The van der Waals surface area contributed by atoms with Crippen molar-refractivity contribution in [3.8, 4) is 0 Å². The first-order valence-corrected chi connectivity index (χ1v) is 12.9. The molecule has 1 saturated carbocycles. The number of carbonyl (C=O) groups is 2. The van der Waals surface area contributed by atoms with E-state index < -0.39 is 6.04 Å². The molecule has 172 valence electrons. The minimum Gasteiger partial charge on any atom is -0.352 e. The molecule has 0 bridgehead atoms. The summed E-state index contributed by atoms with van der Waals surface area (Å²) in [6, 6.07) is 13.1. The third-order valence-corrected chi connectivity index (χ3v) is 7.38. The van der Waals surface area contributed by atoms with Crippen LogP contribution in [0, 0.1) is 6.92 Å². The number of aryl methyl sites for hydroxylation is 1. The molecule has 0 heterocycles. The first-order chi connectivity index (χ1) is 15.3. The highest BCUT2D eigenvalue weighted by atomic mass is 35.5. The highest BCUT2D eigenvalue weighted by Crippen LogP contribution is 2.24. The van der Waals surface area contributed by atoms with Gasteiger partial charge in [-0.2, -0.15) is 0 Å². The van der Waals surface area contributed by atoms with Crippen LogP contribution in [0.15, 0.2) is 42.5 Å². The Morgan fingerprint density at radius 1 is 1.16 bits per heavy atom. The van der Waals surface area contributed by atoms with Crippen molar-refractivity contribution in [2.75, 3.05) is 5.75 Å². The Morgan fingerprint density at radius 3 is 2.59 bits per heavy atom. The van der Waals surface area contributed by atoms with Gasteiger partial charge in [-0.3, -0.25) is 9.59 Å². The van der Waals surface area contributed by atoms with Crippen LogP contribution in [0.2, 0.25) is 10.0 Å². The van der Waals surface area contributed by atoms with Crippen LogP contribution in [-0.4, -0.2) is 34.6 Å². The van der Waals surface area contributed by atoms with Crippen molar-refractivity contribution in [2.45, 2.75) is 63.9 Å². The zero-order valence-corrected chi connectivity index (χ0v) is 20.9. The Bertz CT molecular complexity index is 947. The van der Waals surface area contributed by atoms with Gasteiger partial charge in [0.1, 0.15) is 6.04 Å². The molecular formula is C25H30Cl2N2O2S. The van der Waals surface area contributed by atoms with Crippen molar-refractivity contribution in [1.82, 2.24) is 10.2 Å². The van der Waals surface area contributed by atoms with Crippen LogP contribution in [0.4, 0.5) is 0 Å². The molecule has 1 aliphatic rings. The van der Waals surface area contributed by atoms with E-state index in [4.69, 9.17) is 23.2 Å². The largest absolute Gasteiger partial charge is 0.352 e. The average molecular weight is 494 g/mol. The van der Waals surface area contributed by atoms with E-state index in [9.17, 15) is 9.59 Å². The number of hydrogen-bond acceptors (Lipinski definition) is 3. The van der Waals surface area contributed by atoms with Crippen LogP contribution in [0.25, 0.3) is 0 Å². The summed E-state index contributed by atoms with van der Waals surface area (Å²) in [5.41, 5.74) is 3.15. The lowest BCUT2D eigenvalue weighted by Gasteiger charge is -2.30. The first kappa shape index (κ1) is 24.9. The van der Waals surface area contributed by atoms with E-state index in [0.717, 1.165) is 37.0 Å². The molecule has 0 aromatic heterocycles. The van der Waals surface area contributed by atoms with Crippen LogP contribution in [0.5, 0.6) is 0 Å². The number of rotatable bonds is 9. The van der Waals surface area contributed by atoms with Crippen molar-refractivity contribution < 1.29 is 9.59 Å². The minimum atomic E-state index is -0.589. The van der Waals surface area contributed by atoms with Crippen LogP contribution < -0.4 is 5.32 Å². The van der Waals surface area contributed by atoms with Crippen LogP contribution in [-0.2, 0) is 21.9 Å². The maximum Gasteiger partial charge on any atom is 0.242 e. The third-order valence-electron chi connectivity index (χ3n) is 5.80. The van der Waals surface area contributed by atoms with E-state index in [-0.39, 0.29) is 24.4 Å². The van der Waals surface area contributed by atoms with E-state index in [1.54, 1.807) is 35.7 Å². The molecule has 1 aliphatic carbocycles. The average Bonchev–Trinajstić information content (AvgIpc) is 3.25. The maximum absolute atomic E-state index is 13.2. The molecule has 0 radical (unpaired) electrons. The zero-order valence-electron chi connectivity index (χ0n) is 18.6. The Labute approximate surface area is 205 Å². The zero-order chi connectivity index (χ0) is 23.1. The Hall–Kier alpha value is -1.69. The molecule has 2 aromatic rings. The summed E-state index contributed by atoms with van der Waals surface area (Å²) in [5.74, 6) is 0.841. The molecule has 0 unspecified atom stereocenters. The molecule has 1 fully saturated rings. The van der Waals surface area contributed by atoms with Gasteiger partial charge in [-0.15, -0.1) is 11.8 Å². The van der Waals surface area contributed by atoms with E-state index in [1.165, 1.54) is 11.1 Å². The summed E-state index contributed by atoms with van der Waals surface area (Å²) in [6.07, 6.45) is 4.28. The molecule has 3 rings (SSSR count). The van der Waals surface area contributed by atoms with Gasteiger partial charge in [0.25, 0.3) is 0 Å². The standard InChI is InChI=1S/C25H30Cl2N2O2S/c1-17-6-5-7-19(12-17)15-32-16-24(30)29(14-20-10-11-21(26)13-23(20)27)18(2)25(31)28-22-8-3-4-9-22/h5-7,10-13,18,22H,3-4,8-9,14-16H2,1-2H3,(H,28,31)/t18-/m0/s1. The van der Waals surface area contributed by atoms with Gasteiger partial charge in [-0.1, -0.05) is 71.9 Å². The predicted octanol–water partition coefficient (Wildman–Crippen LogP) is 6.01. The van der Waals surface area contributed by atoms with Crippen molar-refractivity contribution in [3.05, 3.63) is 69.2 Å². The quantitative estimate of drug-likeness (QED) is 0.466. The summed E-state index contributed by atoms with van der Waals surface area (Å²) in [4.78, 5) is 27.8. The summed E-state index contributed by atoms with van der Waals surface area (Å²) in [7, 11) is 0. The maximum atomic E-state index is 13.2. The molecule has 0 spiro atoms. The molecule has 2 amide bonds. The van der Waals surface area contributed by atoms with Crippen molar-refractivity contribution in [2.24, 2.45) is 0 Å². The number of nitrogens with zero attached hydrogens (tertiary/aromatic N) is 1. The molecule has 4 nitrogen and oxygen atoms in total. The lowest BCUT2D eigenvalue weighted by atomic mass is 10.1. The van der Waals surface area contributed by atoms with E-state index >= 15 is 0 Å². The minimum absolute atomic E-state index is 0.0808. The van der Waals surface area contributed by atoms with E-state index in [0.29, 0.717) is 15.8 Å². The molecule has 32 heavy (non-hydrogen) atoms. The SMILES string of the molecule is Cc1cccc(CSCC(=O)N(Cc2ccc(Cl)cc2Cl)[C@@H](C)C(=O)NC2CCCC2)c1. The fourth-order valence-corrected chi connectivity index (χ4v) is 5.28. The second-order valence-corrected chi connectivity index (χ2v) is 10.2. The predicted molar refractivity (Wildman–Crippen MR) is 134 cm³/mol. The molecule has 0 saturated heterocycles. The van der Waals surface area contributed by atoms with Gasteiger partial charge in [0.15, 0.2) is 0 Å². The van der Waals surface area contributed by atoms with Crippen LogP contribution in [0.3, 0.4) is 0 Å². The number of nitrogens with one attached hydrogen (secondary N) is 1. The number of amides is 2. The van der Waals surface area contributed by atoms with Crippen LogP contribution in [0.1, 0.15) is 49.3 Å². The molecule has 1 N–H and O–H groups in total. The molecule has 0 aliphatic heterocycles. The number of carbonyl (C=O) groups excluding carboxylic acids is 2. The van der Waals surface area contributed by atoms with Gasteiger partial charge in [-0.05, 0) is 49.9 Å². The normalized spacial score (nSPS) is 14.9. The molecule has 1 atom stereocenters.